The van der Waals surface area contributed by atoms with E-state index < -0.39 is 16.9 Å². The van der Waals surface area contributed by atoms with Crippen LogP contribution in [-0.4, -0.2) is 47.4 Å². The summed E-state index contributed by atoms with van der Waals surface area (Å²) < 4.78 is 4.97. The number of hydrogen-bond acceptors (Lipinski definition) is 6. The van der Waals surface area contributed by atoms with Gasteiger partial charge in [-0.05, 0) is 45.3 Å². The number of nitro groups is 1. The van der Waals surface area contributed by atoms with Crippen LogP contribution in [0.15, 0.2) is 18.2 Å². The summed E-state index contributed by atoms with van der Waals surface area (Å²) in [6, 6.07) is 3.67. The summed E-state index contributed by atoms with van der Waals surface area (Å²) in [6.07, 6.45) is 1.92. The van der Waals surface area contributed by atoms with E-state index in [1.54, 1.807) is 19.9 Å². The lowest BCUT2D eigenvalue weighted by atomic mass is 10.1. The van der Waals surface area contributed by atoms with Crippen LogP contribution >= 0.6 is 0 Å². The minimum Gasteiger partial charge on any atom is -0.466 e. The smallest absolute Gasteiger partial charge is 0.307 e. The number of nitrogens with zero attached hydrogens (tertiary/aromatic N) is 2. The standard InChI is InChI=1S/C17H23N3O5/c1-3-25-16(21)11-15(19-8-4-5-9-19)17(22)18-14-10-13(20(23)24)7-6-12(14)2/h6-7,10,15H,3-5,8-9,11H2,1-2H3,(H,18,22). The maximum absolute atomic E-state index is 12.7. The average molecular weight is 349 g/mol. The number of amides is 1. The fourth-order valence-corrected chi connectivity index (χ4v) is 2.89. The van der Waals surface area contributed by atoms with Crippen LogP contribution in [0.25, 0.3) is 0 Å². The van der Waals surface area contributed by atoms with Crippen molar-refractivity contribution in [1.29, 1.82) is 0 Å². The minimum absolute atomic E-state index is 0.0341. The lowest BCUT2D eigenvalue weighted by Crippen LogP contribution is -2.44. The molecule has 1 saturated heterocycles. The van der Waals surface area contributed by atoms with E-state index in [1.165, 1.54) is 12.1 Å². The van der Waals surface area contributed by atoms with Crippen LogP contribution in [0.4, 0.5) is 11.4 Å². The Kier molecular flexibility index (Phi) is 6.46. The van der Waals surface area contributed by atoms with Crippen LogP contribution in [-0.2, 0) is 14.3 Å². The number of nitrogens with one attached hydrogen (secondary N) is 1. The van der Waals surface area contributed by atoms with Gasteiger partial charge in [-0.1, -0.05) is 6.07 Å². The number of nitro benzene ring substituents is 1. The van der Waals surface area contributed by atoms with Crippen molar-refractivity contribution in [2.75, 3.05) is 25.0 Å². The SMILES string of the molecule is CCOC(=O)CC(C(=O)Nc1cc([N+](=O)[O-])ccc1C)N1CCCC1. The maximum Gasteiger partial charge on any atom is 0.307 e. The van der Waals surface area contributed by atoms with E-state index in [4.69, 9.17) is 4.74 Å². The molecule has 1 aliphatic rings. The molecule has 1 atom stereocenters. The Labute approximate surface area is 146 Å². The maximum atomic E-state index is 12.7. The molecule has 8 heteroatoms. The Morgan fingerprint density at radius 2 is 2.04 bits per heavy atom. The first kappa shape index (κ1) is 18.9. The van der Waals surface area contributed by atoms with Gasteiger partial charge in [0, 0.05) is 12.1 Å². The molecule has 0 radical (unpaired) electrons. The number of carbonyl (C=O) groups is 2. The first-order valence-corrected chi connectivity index (χ1v) is 8.38. The van der Waals surface area contributed by atoms with E-state index in [0.717, 1.165) is 31.5 Å². The molecule has 0 spiro atoms. The topological polar surface area (TPSA) is 102 Å². The summed E-state index contributed by atoms with van der Waals surface area (Å²) in [6.45, 7) is 5.22. The van der Waals surface area contributed by atoms with Gasteiger partial charge in [0.1, 0.15) is 6.04 Å². The van der Waals surface area contributed by atoms with Gasteiger partial charge in [-0.3, -0.25) is 24.6 Å². The number of anilines is 1. The highest BCUT2D eigenvalue weighted by atomic mass is 16.6. The molecule has 0 bridgehead atoms. The van der Waals surface area contributed by atoms with Crippen molar-refractivity contribution < 1.29 is 19.2 Å². The lowest BCUT2D eigenvalue weighted by Gasteiger charge is -2.26. The van der Waals surface area contributed by atoms with Gasteiger partial charge < -0.3 is 10.1 Å². The fourth-order valence-electron chi connectivity index (χ4n) is 2.89. The third-order valence-electron chi connectivity index (χ3n) is 4.24. The highest BCUT2D eigenvalue weighted by molar-refractivity contribution is 5.97. The molecule has 136 valence electrons. The molecule has 25 heavy (non-hydrogen) atoms. The largest absolute Gasteiger partial charge is 0.466 e. The summed E-state index contributed by atoms with van der Waals surface area (Å²) in [5.41, 5.74) is 1.01. The van der Waals surface area contributed by atoms with Crippen molar-refractivity contribution in [2.24, 2.45) is 0 Å². The van der Waals surface area contributed by atoms with Gasteiger partial charge in [-0.2, -0.15) is 0 Å². The Morgan fingerprint density at radius 3 is 2.64 bits per heavy atom. The Balaban J connectivity index is 2.17. The number of ether oxygens (including phenoxy) is 1. The predicted octanol–water partition coefficient (Wildman–Crippen LogP) is 2.26. The molecule has 1 aliphatic heterocycles. The number of likely N-dealkylation sites (tertiary alicyclic amines) is 1. The predicted molar refractivity (Wildman–Crippen MR) is 92.3 cm³/mol. The second-order valence-electron chi connectivity index (χ2n) is 6.01. The molecule has 1 aromatic carbocycles. The van der Waals surface area contributed by atoms with Crippen LogP contribution in [0.2, 0.25) is 0 Å². The van der Waals surface area contributed by atoms with E-state index in [-0.39, 0.29) is 24.6 Å². The van der Waals surface area contributed by atoms with E-state index in [1.807, 2.05) is 4.90 Å². The fraction of sp³-hybridized carbons (Fsp3) is 0.529. The average Bonchev–Trinajstić information content (AvgIpc) is 3.08. The molecule has 1 aromatic rings. The minimum atomic E-state index is -0.639. The molecular weight excluding hydrogens is 326 g/mol. The summed E-state index contributed by atoms with van der Waals surface area (Å²) in [5, 5.41) is 13.7. The number of aryl methyl sites for hydroxylation is 1. The second-order valence-corrected chi connectivity index (χ2v) is 6.01. The van der Waals surface area contributed by atoms with Crippen LogP contribution in [0, 0.1) is 17.0 Å². The number of benzene rings is 1. The molecule has 1 amide bonds. The van der Waals surface area contributed by atoms with Crippen molar-refractivity contribution in [1.82, 2.24) is 4.90 Å². The summed E-state index contributed by atoms with van der Waals surface area (Å²) >= 11 is 0. The lowest BCUT2D eigenvalue weighted by molar-refractivity contribution is -0.384. The highest BCUT2D eigenvalue weighted by Gasteiger charge is 2.31. The third-order valence-corrected chi connectivity index (χ3v) is 4.24. The number of non-ortho nitro benzene ring substituents is 1. The van der Waals surface area contributed by atoms with Crippen molar-refractivity contribution in [3.05, 3.63) is 33.9 Å². The quantitative estimate of drug-likeness (QED) is 0.460. The third kappa shape index (κ3) is 4.99. The zero-order valence-corrected chi connectivity index (χ0v) is 14.5. The Bertz CT molecular complexity index is 656. The van der Waals surface area contributed by atoms with Gasteiger partial charge in [-0.15, -0.1) is 0 Å². The molecule has 1 unspecified atom stereocenters. The van der Waals surface area contributed by atoms with E-state index in [2.05, 4.69) is 5.32 Å². The van der Waals surface area contributed by atoms with Crippen molar-refractivity contribution in [3.8, 4) is 0 Å². The highest BCUT2D eigenvalue weighted by Crippen LogP contribution is 2.23. The van der Waals surface area contributed by atoms with E-state index in [9.17, 15) is 19.7 Å². The number of carbonyl (C=O) groups excluding carboxylic acids is 2. The molecule has 8 nitrogen and oxygen atoms in total. The van der Waals surface area contributed by atoms with Crippen molar-refractivity contribution in [2.45, 2.75) is 39.2 Å². The normalized spacial score (nSPS) is 15.6. The summed E-state index contributed by atoms with van der Waals surface area (Å²) in [7, 11) is 0. The molecule has 1 N–H and O–H groups in total. The first-order chi connectivity index (χ1) is 11.9. The Hall–Kier alpha value is -2.48. The first-order valence-electron chi connectivity index (χ1n) is 8.38. The summed E-state index contributed by atoms with van der Waals surface area (Å²) in [4.78, 5) is 37.0. The van der Waals surface area contributed by atoms with Crippen molar-refractivity contribution >= 4 is 23.3 Å². The second kappa shape index (κ2) is 8.57. The number of esters is 1. The molecule has 0 aromatic heterocycles. The van der Waals surface area contributed by atoms with Crippen LogP contribution in [0.1, 0.15) is 31.7 Å². The number of rotatable bonds is 7. The van der Waals surface area contributed by atoms with Crippen LogP contribution in [0.5, 0.6) is 0 Å². The van der Waals surface area contributed by atoms with Gasteiger partial charge in [0.2, 0.25) is 5.91 Å². The molecular formula is C17H23N3O5. The van der Waals surface area contributed by atoms with Gasteiger partial charge in [0.05, 0.1) is 23.6 Å². The molecule has 0 aliphatic carbocycles. The monoisotopic (exact) mass is 349 g/mol. The zero-order valence-electron chi connectivity index (χ0n) is 14.5. The summed E-state index contributed by atoms with van der Waals surface area (Å²) in [5.74, 6) is -0.774. The van der Waals surface area contributed by atoms with E-state index >= 15 is 0 Å². The molecule has 0 saturated carbocycles. The molecule has 1 fully saturated rings. The Morgan fingerprint density at radius 1 is 1.36 bits per heavy atom. The molecule has 2 rings (SSSR count). The van der Waals surface area contributed by atoms with Crippen molar-refractivity contribution in [3.63, 3.8) is 0 Å². The number of hydrogen-bond donors (Lipinski definition) is 1. The van der Waals surface area contributed by atoms with Gasteiger partial charge in [-0.25, -0.2) is 0 Å². The van der Waals surface area contributed by atoms with E-state index in [0.29, 0.717) is 5.69 Å². The van der Waals surface area contributed by atoms with Crippen LogP contribution < -0.4 is 5.32 Å². The van der Waals surface area contributed by atoms with Gasteiger partial charge >= 0.3 is 5.97 Å². The zero-order chi connectivity index (χ0) is 18.4. The van der Waals surface area contributed by atoms with Gasteiger partial charge in [0.25, 0.3) is 5.69 Å². The molecule has 1 heterocycles. The van der Waals surface area contributed by atoms with Gasteiger partial charge in [0.15, 0.2) is 0 Å². The van der Waals surface area contributed by atoms with Crippen LogP contribution in [0.3, 0.4) is 0 Å².